The molecule has 5 heteroatoms. The first-order valence-electron chi connectivity index (χ1n) is 6.64. The van der Waals surface area contributed by atoms with Crippen LogP contribution in [0.25, 0.3) is 0 Å². The topological polar surface area (TPSA) is 46.6 Å². The van der Waals surface area contributed by atoms with Gasteiger partial charge in [-0.3, -0.25) is 4.98 Å². The highest BCUT2D eigenvalue weighted by Crippen LogP contribution is 2.15. The number of methoxy groups -OCH3 is 2. The van der Waals surface area contributed by atoms with E-state index < -0.39 is 0 Å². The van der Waals surface area contributed by atoms with Crippen molar-refractivity contribution in [1.29, 1.82) is 0 Å². The Hall–Kier alpha value is -1.17. The summed E-state index contributed by atoms with van der Waals surface area (Å²) >= 11 is 0. The molecule has 0 aliphatic heterocycles. The maximum atomic E-state index is 5.18. The second-order valence-corrected chi connectivity index (χ2v) is 4.36. The van der Waals surface area contributed by atoms with Gasteiger partial charge in [0.05, 0.1) is 12.3 Å². The SMILES string of the molecule is CNCc1cc(N(CCCOC)CCOC)ccn1. The lowest BCUT2D eigenvalue weighted by Gasteiger charge is -2.24. The van der Waals surface area contributed by atoms with E-state index in [0.29, 0.717) is 0 Å². The molecule has 1 aromatic heterocycles. The van der Waals surface area contributed by atoms with Crippen molar-refractivity contribution in [3.63, 3.8) is 0 Å². The Labute approximate surface area is 115 Å². The molecule has 1 heterocycles. The number of rotatable bonds is 10. The van der Waals surface area contributed by atoms with Gasteiger partial charge in [-0.05, 0) is 25.6 Å². The molecule has 0 aliphatic carbocycles. The van der Waals surface area contributed by atoms with E-state index in [1.54, 1.807) is 14.2 Å². The molecule has 0 aliphatic rings. The van der Waals surface area contributed by atoms with Crippen LogP contribution in [0.4, 0.5) is 5.69 Å². The van der Waals surface area contributed by atoms with Gasteiger partial charge in [0.15, 0.2) is 0 Å². The molecule has 19 heavy (non-hydrogen) atoms. The van der Waals surface area contributed by atoms with Crippen molar-refractivity contribution in [3.8, 4) is 0 Å². The zero-order valence-electron chi connectivity index (χ0n) is 12.2. The summed E-state index contributed by atoms with van der Waals surface area (Å²) in [4.78, 5) is 6.65. The molecule has 0 bridgehead atoms. The third-order valence-electron chi connectivity index (χ3n) is 2.87. The lowest BCUT2D eigenvalue weighted by molar-refractivity contribution is 0.191. The van der Waals surface area contributed by atoms with E-state index in [2.05, 4.69) is 21.3 Å². The average Bonchev–Trinajstić information content (AvgIpc) is 2.43. The van der Waals surface area contributed by atoms with Gasteiger partial charge in [-0.2, -0.15) is 0 Å². The average molecular weight is 267 g/mol. The summed E-state index contributed by atoms with van der Waals surface area (Å²) in [6.45, 7) is 4.11. The fraction of sp³-hybridized carbons (Fsp3) is 0.643. The minimum Gasteiger partial charge on any atom is -0.385 e. The van der Waals surface area contributed by atoms with Crippen molar-refractivity contribution < 1.29 is 9.47 Å². The minimum absolute atomic E-state index is 0.719. The quantitative estimate of drug-likeness (QED) is 0.647. The minimum atomic E-state index is 0.719. The molecule has 0 amide bonds. The number of anilines is 1. The highest BCUT2D eigenvalue weighted by atomic mass is 16.5. The van der Waals surface area contributed by atoms with Crippen molar-refractivity contribution >= 4 is 5.69 Å². The van der Waals surface area contributed by atoms with Gasteiger partial charge in [-0.25, -0.2) is 0 Å². The van der Waals surface area contributed by atoms with Crippen LogP contribution in [-0.4, -0.2) is 52.6 Å². The number of nitrogens with one attached hydrogen (secondary N) is 1. The van der Waals surface area contributed by atoms with Crippen molar-refractivity contribution in [1.82, 2.24) is 10.3 Å². The molecule has 0 atom stereocenters. The second kappa shape index (κ2) is 9.72. The number of aromatic nitrogens is 1. The maximum absolute atomic E-state index is 5.18. The van der Waals surface area contributed by atoms with Crippen LogP contribution in [0.3, 0.4) is 0 Å². The zero-order valence-corrected chi connectivity index (χ0v) is 12.2. The van der Waals surface area contributed by atoms with E-state index in [1.807, 2.05) is 19.3 Å². The number of ether oxygens (including phenoxy) is 2. The van der Waals surface area contributed by atoms with E-state index >= 15 is 0 Å². The lowest BCUT2D eigenvalue weighted by atomic mass is 10.2. The van der Waals surface area contributed by atoms with Crippen LogP contribution >= 0.6 is 0 Å². The van der Waals surface area contributed by atoms with Gasteiger partial charge in [0.25, 0.3) is 0 Å². The van der Waals surface area contributed by atoms with E-state index in [1.165, 1.54) is 5.69 Å². The summed E-state index contributed by atoms with van der Waals surface area (Å²) in [5.41, 5.74) is 2.24. The normalized spacial score (nSPS) is 10.7. The van der Waals surface area contributed by atoms with Gasteiger partial charge >= 0.3 is 0 Å². The van der Waals surface area contributed by atoms with Crippen molar-refractivity contribution in [2.75, 3.05) is 52.5 Å². The summed E-state index contributed by atoms with van der Waals surface area (Å²) < 4.78 is 10.3. The van der Waals surface area contributed by atoms with Gasteiger partial charge in [0, 0.05) is 52.3 Å². The van der Waals surface area contributed by atoms with Gasteiger partial charge in [-0.15, -0.1) is 0 Å². The Bertz CT molecular complexity index is 347. The monoisotopic (exact) mass is 267 g/mol. The Morgan fingerprint density at radius 1 is 1.21 bits per heavy atom. The van der Waals surface area contributed by atoms with Crippen LogP contribution in [0.1, 0.15) is 12.1 Å². The molecule has 1 N–H and O–H groups in total. The number of nitrogens with zero attached hydrogens (tertiary/aromatic N) is 2. The molecule has 0 aromatic carbocycles. The molecule has 0 spiro atoms. The Morgan fingerprint density at radius 3 is 2.68 bits per heavy atom. The first-order valence-corrected chi connectivity index (χ1v) is 6.64. The number of hydrogen-bond acceptors (Lipinski definition) is 5. The molecule has 0 fully saturated rings. The molecule has 108 valence electrons. The predicted molar refractivity (Wildman–Crippen MR) is 77.6 cm³/mol. The third kappa shape index (κ3) is 6.00. The first kappa shape index (κ1) is 15.9. The standard InChI is InChI=1S/C14H25N3O2/c1-15-12-13-11-14(5-6-16-13)17(8-10-19-3)7-4-9-18-2/h5-6,11,15H,4,7-10,12H2,1-3H3. The van der Waals surface area contributed by atoms with Crippen molar-refractivity contribution in [3.05, 3.63) is 24.0 Å². The van der Waals surface area contributed by atoms with Crippen LogP contribution < -0.4 is 10.2 Å². The van der Waals surface area contributed by atoms with E-state index in [0.717, 1.165) is 45.0 Å². The molecule has 0 saturated carbocycles. The lowest BCUT2D eigenvalue weighted by Crippen LogP contribution is -2.29. The highest BCUT2D eigenvalue weighted by molar-refractivity contribution is 5.46. The molecule has 5 nitrogen and oxygen atoms in total. The summed E-state index contributed by atoms with van der Waals surface area (Å²) in [6, 6.07) is 4.17. The maximum Gasteiger partial charge on any atom is 0.0637 e. The Balaban J connectivity index is 2.68. The molecule has 1 aromatic rings. The van der Waals surface area contributed by atoms with Crippen LogP contribution in [0.5, 0.6) is 0 Å². The largest absolute Gasteiger partial charge is 0.385 e. The fourth-order valence-corrected chi connectivity index (χ4v) is 1.91. The number of hydrogen-bond donors (Lipinski definition) is 1. The van der Waals surface area contributed by atoms with Crippen molar-refractivity contribution in [2.45, 2.75) is 13.0 Å². The molecule has 1 rings (SSSR count). The van der Waals surface area contributed by atoms with Crippen LogP contribution in [-0.2, 0) is 16.0 Å². The molecule has 0 saturated heterocycles. The van der Waals surface area contributed by atoms with Crippen LogP contribution in [0, 0.1) is 0 Å². The van der Waals surface area contributed by atoms with E-state index in [-0.39, 0.29) is 0 Å². The van der Waals surface area contributed by atoms with E-state index in [4.69, 9.17) is 9.47 Å². The summed E-state index contributed by atoms with van der Waals surface area (Å²) in [5.74, 6) is 0. The Kier molecular flexibility index (Phi) is 8.13. The van der Waals surface area contributed by atoms with E-state index in [9.17, 15) is 0 Å². The predicted octanol–water partition coefficient (Wildman–Crippen LogP) is 1.29. The zero-order chi connectivity index (χ0) is 13.9. The van der Waals surface area contributed by atoms with Crippen molar-refractivity contribution in [2.24, 2.45) is 0 Å². The van der Waals surface area contributed by atoms with Gasteiger partial charge < -0.3 is 19.7 Å². The molecule has 0 unspecified atom stereocenters. The molecular weight excluding hydrogens is 242 g/mol. The molecule has 0 radical (unpaired) electrons. The summed E-state index contributed by atoms with van der Waals surface area (Å²) in [6.07, 6.45) is 2.86. The fourth-order valence-electron chi connectivity index (χ4n) is 1.91. The van der Waals surface area contributed by atoms with Crippen LogP contribution in [0.2, 0.25) is 0 Å². The Morgan fingerprint density at radius 2 is 2.00 bits per heavy atom. The second-order valence-electron chi connectivity index (χ2n) is 4.36. The summed E-state index contributed by atoms with van der Waals surface area (Å²) in [5, 5.41) is 3.12. The smallest absolute Gasteiger partial charge is 0.0637 e. The third-order valence-corrected chi connectivity index (χ3v) is 2.87. The highest BCUT2D eigenvalue weighted by Gasteiger charge is 2.07. The molecular formula is C14H25N3O2. The van der Waals surface area contributed by atoms with Gasteiger partial charge in [0.2, 0.25) is 0 Å². The summed E-state index contributed by atoms with van der Waals surface area (Å²) in [7, 11) is 5.39. The van der Waals surface area contributed by atoms with Gasteiger partial charge in [0.1, 0.15) is 0 Å². The van der Waals surface area contributed by atoms with Crippen LogP contribution in [0.15, 0.2) is 18.3 Å². The van der Waals surface area contributed by atoms with Gasteiger partial charge in [-0.1, -0.05) is 0 Å². The number of pyridine rings is 1. The first-order chi connectivity index (χ1) is 9.31.